The lowest BCUT2D eigenvalue weighted by Crippen LogP contribution is -2.12. The third-order valence-electron chi connectivity index (χ3n) is 4.01. The van der Waals surface area contributed by atoms with E-state index in [2.05, 4.69) is 30.7 Å². The van der Waals surface area contributed by atoms with Crippen molar-refractivity contribution in [3.63, 3.8) is 0 Å². The average Bonchev–Trinajstić information content (AvgIpc) is 2.67. The third kappa shape index (κ3) is 4.78. The molecule has 0 aliphatic carbocycles. The summed E-state index contributed by atoms with van der Waals surface area (Å²) in [6, 6.07) is 15.1. The number of benzene rings is 2. The second-order valence-corrected chi connectivity index (χ2v) is 6.85. The van der Waals surface area contributed by atoms with Gasteiger partial charge in [-0.15, -0.1) is 0 Å². The molecular formula is C22H27FN2O. The van der Waals surface area contributed by atoms with Gasteiger partial charge < -0.3 is 4.74 Å². The number of alkyl halides is 1. The minimum atomic E-state index is -1.20. The lowest BCUT2D eigenvalue weighted by atomic mass is 9.86. The fraction of sp³-hybridized carbons (Fsp3) is 0.364. The van der Waals surface area contributed by atoms with Crippen LogP contribution in [0.1, 0.15) is 51.9 Å². The van der Waals surface area contributed by atoms with Crippen molar-refractivity contribution >= 4 is 10.9 Å². The molecule has 138 valence electrons. The van der Waals surface area contributed by atoms with Gasteiger partial charge in [0.25, 0.3) is 0 Å². The van der Waals surface area contributed by atoms with E-state index in [0.29, 0.717) is 11.4 Å². The largest absolute Gasteiger partial charge is 0.474 e. The molecule has 1 aromatic heterocycles. The number of hydrogen-bond donors (Lipinski definition) is 0. The molecule has 3 rings (SSSR count). The molecule has 3 aromatic rings. The first kappa shape index (κ1) is 19.8. The van der Waals surface area contributed by atoms with E-state index in [0.717, 1.165) is 10.9 Å². The normalized spacial score (nSPS) is 12.2. The third-order valence-corrected chi connectivity index (χ3v) is 4.01. The van der Waals surface area contributed by atoms with Crippen LogP contribution in [0, 0.1) is 0 Å². The van der Waals surface area contributed by atoms with E-state index in [1.165, 1.54) is 11.9 Å². The molecule has 1 heterocycles. The second kappa shape index (κ2) is 8.75. The maximum absolute atomic E-state index is 14.5. The first-order chi connectivity index (χ1) is 12.4. The maximum atomic E-state index is 14.5. The minimum Gasteiger partial charge on any atom is -0.474 e. The molecular weight excluding hydrogens is 327 g/mol. The smallest absolute Gasteiger partial charge is 0.224 e. The van der Waals surface area contributed by atoms with Crippen LogP contribution >= 0.6 is 0 Å². The number of ether oxygens (including phenoxy) is 1. The molecule has 3 nitrogen and oxygen atoms in total. The molecule has 26 heavy (non-hydrogen) atoms. The van der Waals surface area contributed by atoms with Crippen LogP contribution in [0.4, 0.5) is 4.39 Å². The highest BCUT2D eigenvalue weighted by Gasteiger charge is 2.16. The molecule has 0 saturated heterocycles. The van der Waals surface area contributed by atoms with E-state index in [1.54, 1.807) is 0 Å². The van der Waals surface area contributed by atoms with Gasteiger partial charge in [0, 0.05) is 0 Å². The Bertz CT molecular complexity index is 820. The van der Waals surface area contributed by atoms with Crippen LogP contribution in [0.3, 0.4) is 0 Å². The van der Waals surface area contributed by atoms with Crippen molar-refractivity contribution < 1.29 is 9.13 Å². The molecule has 0 N–H and O–H groups in total. The molecule has 0 saturated carbocycles. The SMILES string of the molecule is CC.CC(C)(C)c1ccc(C(F)COc2ncnc3ccccc23)cc1. The van der Waals surface area contributed by atoms with Gasteiger partial charge in [-0.1, -0.05) is 71.0 Å². The molecule has 0 aliphatic heterocycles. The van der Waals surface area contributed by atoms with Crippen molar-refractivity contribution in [3.05, 3.63) is 66.0 Å². The summed E-state index contributed by atoms with van der Waals surface area (Å²) in [5.74, 6) is 0.412. The van der Waals surface area contributed by atoms with Crippen LogP contribution in [0.15, 0.2) is 54.9 Å². The van der Waals surface area contributed by atoms with Gasteiger partial charge in [-0.25, -0.2) is 14.4 Å². The molecule has 4 heteroatoms. The summed E-state index contributed by atoms with van der Waals surface area (Å²) >= 11 is 0. The Morgan fingerprint density at radius 3 is 2.27 bits per heavy atom. The number of nitrogens with zero attached hydrogens (tertiary/aromatic N) is 2. The summed E-state index contributed by atoms with van der Waals surface area (Å²) in [6.07, 6.45) is 0.232. The Morgan fingerprint density at radius 2 is 1.62 bits per heavy atom. The molecule has 0 fully saturated rings. The highest BCUT2D eigenvalue weighted by atomic mass is 19.1. The van der Waals surface area contributed by atoms with Crippen LogP contribution in [0.25, 0.3) is 10.9 Å². The number of para-hydroxylation sites is 1. The van der Waals surface area contributed by atoms with Gasteiger partial charge >= 0.3 is 0 Å². The Labute approximate surface area is 155 Å². The van der Waals surface area contributed by atoms with E-state index in [-0.39, 0.29) is 12.0 Å². The number of fused-ring (bicyclic) bond motifs is 1. The fourth-order valence-electron chi connectivity index (χ4n) is 2.54. The van der Waals surface area contributed by atoms with E-state index < -0.39 is 6.17 Å². The van der Waals surface area contributed by atoms with E-state index in [9.17, 15) is 4.39 Å². The Morgan fingerprint density at radius 1 is 0.962 bits per heavy atom. The minimum absolute atomic E-state index is 0.0563. The standard InChI is InChI=1S/C20H21FN2O.C2H6/c1-20(2,3)15-10-8-14(9-11-15)17(21)12-24-19-16-6-4-5-7-18(16)22-13-23-19;1-2/h4-11,13,17H,12H2,1-3H3;1-2H3. The number of halogens is 1. The quantitative estimate of drug-likeness (QED) is 0.572. The lowest BCUT2D eigenvalue weighted by Gasteiger charge is -2.19. The molecule has 0 aliphatic rings. The summed E-state index contributed by atoms with van der Waals surface area (Å²) in [7, 11) is 0. The highest BCUT2D eigenvalue weighted by Crippen LogP contribution is 2.26. The van der Waals surface area contributed by atoms with Gasteiger partial charge in [-0.05, 0) is 28.7 Å². The Balaban J connectivity index is 0.00000117. The second-order valence-electron chi connectivity index (χ2n) is 6.85. The predicted octanol–water partition coefficient (Wildman–Crippen LogP) is 6.04. The van der Waals surface area contributed by atoms with Crippen LogP contribution in [0.5, 0.6) is 5.88 Å². The first-order valence-electron chi connectivity index (χ1n) is 9.02. The topological polar surface area (TPSA) is 35.0 Å². The van der Waals surface area contributed by atoms with Crippen LogP contribution < -0.4 is 4.74 Å². The Hall–Kier alpha value is -2.49. The van der Waals surface area contributed by atoms with Crippen LogP contribution in [-0.4, -0.2) is 16.6 Å². The van der Waals surface area contributed by atoms with Gasteiger partial charge in [0.05, 0.1) is 10.9 Å². The summed E-state index contributed by atoms with van der Waals surface area (Å²) in [4.78, 5) is 8.29. The van der Waals surface area contributed by atoms with E-state index in [1.807, 2.05) is 62.4 Å². The molecule has 1 unspecified atom stereocenters. The fourth-order valence-corrected chi connectivity index (χ4v) is 2.54. The molecule has 0 amide bonds. The first-order valence-corrected chi connectivity index (χ1v) is 9.02. The van der Waals surface area contributed by atoms with Crippen molar-refractivity contribution in [2.75, 3.05) is 6.61 Å². The summed E-state index contributed by atoms with van der Waals surface area (Å²) < 4.78 is 20.1. The summed E-state index contributed by atoms with van der Waals surface area (Å²) in [5, 5.41) is 0.787. The van der Waals surface area contributed by atoms with Crippen molar-refractivity contribution in [2.45, 2.75) is 46.2 Å². The highest BCUT2D eigenvalue weighted by molar-refractivity contribution is 5.82. The van der Waals surface area contributed by atoms with Crippen molar-refractivity contribution in [1.29, 1.82) is 0 Å². The van der Waals surface area contributed by atoms with Gasteiger partial charge in [-0.2, -0.15) is 0 Å². The van der Waals surface area contributed by atoms with E-state index in [4.69, 9.17) is 4.74 Å². The van der Waals surface area contributed by atoms with Gasteiger partial charge in [0.1, 0.15) is 12.9 Å². The number of rotatable bonds is 4. The van der Waals surface area contributed by atoms with Gasteiger partial charge in [0.2, 0.25) is 5.88 Å². The van der Waals surface area contributed by atoms with Crippen molar-refractivity contribution in [2.24, 2.45) is 0 Å². The maximum Gasteiger partial charge on any atom is 0.224 e. The summed E-state index contributed by atoms with van der Waals surface area (Å²) in [6.45, 7) is 10.3. The Kier molecular flexibility index (Phi) is 6.67. The summed E-state index contributed by atoms with van der Waals surface area (Å²) in [5.41, 5.74) is 2.63. The van der Waals surface area contributed by atoms with Gasteiger partial charge in [0.15, 0.2) is 6.17 Å². The van der Waals surface area contributed by atoms with Gasteiger partial charge in [-0.3, -0.25) is 0 Å². The van der Waals surface area contributed by atoms with Crippen molar-refractivity contribution in [1.82, 2.24) is 9.97 Å². The zero-order valence-corrected chi connectivity index (χ0v) is 16.2. The van der Waals surface area contributed by atoms with Crippen LogP contribution in [-0.2, 0) is 5.41 Å². The number of aromatic nitrogens is 2. The molecule has 0 spiro atoms. The zero-order chi connectivity index (χ0) is 19.2. The molecule has 1 atom stereocenters. The monoisotopic (exact) mass is 354 g/mol. The number of hydrogen-bond acceptors (Lipinski definition) is 3. The molecule has 0 radical (unpaired) electrons. The van der Waals surface area contributed by atoms with Crippen LogP contribution in [0.2, 0.25) is 0 Å². The zero-order valence-electron chi connectivity index (χ0n) is 16.2. The average molecular weight is 354 g/mol. The van der Waals surface area contributed by atoms with E-state index >= 15 is 0 Å². The predicted molar refractivity (Wildman–Crippen MR) is 105 cm³/mol. The van der Waals surface area contributed by atoms with Crippen molar-refractivity contribution in [3.8, 4) is 5.88 Å². The molecule has 0 bridgehead atoms. The lowest BCUT2D eigenvalue weighted by molar-refractivity contribution is 0.194. The molecule has 2 aromatic carbocycles.